The standard InChI is InChI=1S/C8H8FNO/c9-8-2-6(4-10)1-7(3-8)5-11/h1-3,5H,4,10H2. The molecule has 0 amide bonds. The van der Waals surface area contributed by atoms with Crippen LogP contribution in [0.15, 0.2) is 18.2 Å². The smallest absolute Gasteiger partial charge is 0.150 e. The van der Waals surface area contributed by atoms with Gasteiger partial charge in [0.1, 0.15) is 12.1 Å². The van der Waals surface area contributed by atoms with Crippen molar-refractivity contribution in [2.24, 2.45) is 5.73 Å². The van der Waals surface area contributed by atoms with E-state index in [1.54, 1.807) is 6.07 Å². The lowest BCUT2D eigenvalue weighted by Gasteiger charge is -1.97. The number of hydrogen-bond acceptors (Lipinski definition) is 2. The van der Waals surface area contributed by atoms with E-state index in [0.29, 0.717) is 17.4 Å². The van der Waals surface area contributed by atoms with E-state index >= 15 is 0 Å². The van der Waals surface area contributed by atoms with Crippen molar-refractivity contribution in [1.29, 1.82) is 0 Å². The highest BCUT2D eigenvalue weighted by Gasteiger charge is 1.97. The molecule has 0 fully saturated rings. The number of hydrogen-bond donors (Lipinski definition) is 1. The molecule has 0 radical (unpaired) electrons. The second kappa shape index (κ2) is 3.25. The first-order valence-corrected chi connectivity index (χ1v) is 3.21. The van der Waals surface area contributed by atoms with Crippen molar-refractivity contribution >= 4 is 6.29 Å². The molecule has 58 valence electrons. The molecule has 1 aromatic rings. The summed E-state index contributed by atoms with van der Waals surface area (Å²) < 4.78 is 12.6. The molecular weight excluding hydrogens is 145 g/mol. The first-order chi connectivity index (χ1) is 5.26. The van der Waals surface area contributed by atoms with Crippen LogP contribution in [-0.2, 0) is 6.54 Å². The Bertz CT molecular complexity index is 273. The predicted molar refractivity (Wildman–Crippen MR) is 39.7 cm³/mol. The van der Waals surface area contributed by atoms with Crippen molar-refractivity contribution in [2.75, 3.05) is 0 Å². The summed E-state index contributed by atoms with van der Waals surface area (Å²) in [7, 11) is 0. The third-order valence-electron chi connectivity index (χ3n) is 1.35. The minimum atomic E-state index is -0.421. The van der Waals surface area contributed by atoms with Crippen LogP contribution in [0.4, 0.5) is 4.39 Å². The van der Waals surface area contributed by atoms with E-state index < -0.39 is 5.82 Å². The number of halogens is 1. The van der Waals surface area contributed by atoms with Crippen LogP contribution in [0, 0.1) is 5.82 Å². The Labute approximate surface area is 63.8 Å². The van der Waals surface area contributed by atoms with Gasteiger partial charge in [0.2, 0.25) is 0 Å². The molecule has 0 spiro atoms. The lowest BCUT2D eigenvalue weighted by Crippen LogP contribution is -1.98. The van der Waals surface area contributed by atoms with Crippen LogP contribution in [0.5, 0.6) is 0 Å². The summed E-state index contributed by atoms with van der Waals surface area (Å²) in [4.78, 5) is 10.2. The minimum Gasteiger partial charge on any atom is -0.326 e. The summed E-state index contributed by atoms with van der Waals surface area (Å²) in [5.74, 6) is -0.421. The van der Waals surface area contributed by atoms with Gasteiger partial charge in [0.05, 0.1) is 0 Å². The van der Waals surface area contributed by atoms with Gasteiger partial charge in [-0.05, 0) is 23.8 Å². The summed E-state index contributed by atoms with van der Waals surface area (Å²) >= 11 is 0. The maximum absolute atomic E-state index is 12.6. The molecule has 0 saturated carbocycles. The molecule has 0 aliphatic rings. The Balaban J connectivity index is 3.11. The fourth-order valence-corrected chi connectivity index (χ4v) is 0.861. The van der Waals surface area contributed by atoms with Gasteiger partial charge < -0.3 is 5.73 Å². The van der Waals surface area contributed by atoms with Crippen molar-refractivity contribution < 1.29 is 9.18 Å². The number of aldehydes is 1. The number of rotatable bonds is 2. The molecule has 0 saturated heterocycles. The third-order valence-corrected chi connectivity index (χ3v) is 1.35. The first kappa shape index (κ1) is 7.88. The molecule has 0 aliphatic heterocycles. The molecule has 2 nitrogen and oxygen atoms in total. The van der Waals surface area contributed by atoms with Gasteiger partial charge in [0.15, 0.2) is 0 Å². The number of benzene rings is 1. The summed E-state index contributed by atoms with van der Waals surface area (Å²) in [5.41, 5.74) is 6.22. The van der Waals surface area contributed by atoms with Gasteiger partial charge in [-0.2, -0.15) is 0 Å². The van der Waals surface area contributed by atoms with Crippen molar-refractivity contribution in [1.82, 2.24) is 0 Å². The van der Waals surface area contributed by atoms with E-state index in [4.69, 9.17) is 5.73 Å². The molecule has 11 heavy (non-hydrogen) atoms. The van der Waals surface area contributed by atoms with Gasteiger partial charge >= 0.3 is 0 Å². The third kappa shape index (κ3) is 1.85. The van der Waals surface area contributed by atoms with Crippen LogP contribution in [0.3, 0.4) is 0 Å². The van der Waals surface area contributed by atoms with Crippen molar-refractivity contribution in [3.05, 3.63) is 35.1 Å². The van der Waals surface area contributed by atoms with Crippen molar-refractivity contribution in [3.63, 3.8) is 0 Å². The average Bonchev–Trinajstić information content (AvgIpc) is 2.03. The monoisotopic (exact) mass is 153 g/mol. The molecule has 0 atom stereocenters. The molecule has 0 bridgehead atoms. The Morgan fingerprint density at radius 3 is 2.73 bits per heavy atom. The zero-order valence-corrected chi connectivity index (χ0v) is 5.88. The topological polar surface area (TPSA) is 43.1 Å². The van der Waals surface area contributed by atoms with Crippen LogP contribution in [0.1, 0.15) is 15.9 Å². The lowest BCUT2D eigenvalue weighted by molar-refractivity contribution is 0.112. The molecule has 0 aromatic heterocycles. The summed E-state index contributed by atoms with van der Waals surface area (Å²) in [6.45, 7) is 0.249. The molecule has 3 heteroatoms. The fourth-order valence-electron chi connectivity index (χ4n) is 0.861. The highest BCUT2D eigenvalue weighted by atomic mass is 19.1. The molecule has 0 unspecified atom stereocenters. The first-order valence-electron chi connectivity index (χ1n) is 3.21. The van der Waals surface area contributed by atoms with Crippen molar-refractivity contribution in [2.45, 2.75) is 6.54 Å². The molecule has 0 heterocycles. The maximum Gasteiger partial charge on any atom is 0.150 e. The van der Waals surface area contributed by atoms with Gasteiger partial charge in [0.25, 0.3) is 0 Å². The summed E-state index contributed by atoms with van der Waals surface area (Å²) in [5, 5.41) is 0. The Morgan fingerprint density at radius 1 is 1.45 bits per heavy atom. The molecule has 1 aromatic carbocycles. The van der Waals surface area contributed by atoms with E-state index in [1.807, 2.05) is 0 Å². The van der Waals surface area contributed by atoms with Crippen LogP contribution < -0.4 is 5.73 Å². The number of carbonyl (C=O) groups is 1. The van der Waals surface area contributed by atoms with Crippen LogP contribution in [0.2, 0.25) is 0 Å². The van der Waals surface area contributed by atoms with Gasteiger partial charge in [0, 0.05) is 12.1 Å². The summed E-state index contributed by atoms with van der Waals surface area (Å²) in [6, 6.07) is 4.05. The highest BCUT2D eigenvalue weighted by Crippen LogP contribution is 2.06. The Hall–Kier alpha value is -1.22. The van der Waals surface area contributed by atoms with Gasteiger partial charge in [-0.3, -0.25) is 4.79 Å². The van der Waals surface area contributed by atoms with Gasteiger partial charge in [-0.1, -0.05) is 0 Å². The molecule has 2 N–H and O–H groups in total. The number of nitrogens with two attached hydrogens (primary N) is 1. The van der Waals surface area contributed by atoms with E-state index in [0.717, 1.165) is 0 Å². The quantitative estimate of drug-likeness (QED) is 0.646. The molecular formula is C8H8FNO. The van der Waals surface area contributed by atoms with E-state index in [-0.39, 0.29) is 6.54 Å². The van der Waals surface area contributed by atoms with E-state index in [1.165, 1.54) is 12.1 Å². The Morgan fingerprint density at radius 2 is 2.18 bits per heavy atom. The highest BCUT2D eigenvalue weighted by molar-refractivity contribution is 5.75. The van der Waals surface area contributed by atoms with Crippen LogP contribution in [-0.4, -0.2) is 6.29 Å². The van der Waals surface area contributed by atoms with Crippen LogP contribution in [0.25, 0.3) is 0 Å². The average molecular weight is 153 g/mol. The van der Waals surface area contributed by atoms with Crippen molar-refractivity contribution in [3.8, 4) is 0 Å². The molecule has 1 rings (SSSR count). The maximum atomic E-state index is 12.6. The fraction of sp³-hybridized carbons (Fsp3) is 0.125. The van der Waals surface area contributed by atoms with E-state index in [9.17, 15) is 9.18 Å². The van der Waals surface area contributed by atoms with E-state index in [2.05, 4.69) is 0 Å². The second-order valence-electron chi connectivity index (χ2n) is 2.21. The zero-order valence-electron chi connectivity index (χ0n) is 5.88. The Kier molecular flexibility index (Phi) is 2.33. The number of carbonyl (C=O) groups excluding carboxylic acids is 1. The largest absolute Gasteiger partial charge is 0.326 e. The predicted octanol–water partition coefficient (Wildman–Crippen LogP) is 1.10. The zero-order chi connectivity index (χ0) is 8.27. The van der Waals surface area contributed by atoms with Gasteiger partial charge in [-0.25, -0.2) is 4.39 Å². The lowest BCUT2D eigenvalue weighted by atomic mass is 10.1. The van der Waals surface area contributed by atoms with Gasteiger partial charge in [-0.15, -0.1) is 0 Å². The SMILES string of the molecule is NCc1cc(F)cc(C=O)c1. The normalized spacial score (nSPS) is 9.64. The second-order valence-corrected chi connectivity index (χ2v) is 2.21. The minimum absolute atomic E-state index is 0.249. The summed E-state index contributed by atoms with van der Waals surface area (Å²) in [6.07, 6.45) is 0.599. The molecule has 0 aliphatic carbocycles. The van der Waals surface area contributed by atoms with Crippen LogP contribution >= 0.6 is 0 Å².